The van der Waals surface area contributed by atoms with Crippen molar-refractivity contribution in [2.45, 2.75) is 51.1 Å². The molecule has 0 radical (unpaired) electrons. The summed E-state index contributed by atoms with van der Waals surface area (Å²) in [5.74, 6) is 1.55. The van der Waals surface area contributed by atoms with Crippen LogP contribution in [0.25, 0.3) is 0 Å². The maximum atomic E-state index is 13.8. The smallest absolute Gasteiger partial charge is 0.326 e. The van der Waals surface area contributed by atoms with E-state index in [0.717, 1.165) is 43.4 Å². The maximum absolute atomic E-state index is 13.8. The van der Waals surface area contributed by atoms with Gasteiger partial charge in [0, 0.05) is 6.54 Å². The molecule has 3 atom stereocenters. The molecule has 7 nitrogen and oxygen atoms in total. The number of hydrogen-bond acceptors (Lipinski definition) is 5. The zero-order valence-corrected chi connectivity index (χ0v) is 21.0. The van der Waals surface area contributed by atoms with Gasteiger partial charge in [0.1, 0.15) is 5.54 Å². The van der Waals surface area contributed by atoms with Gasteiger partial charge in [-0.15, -0.1) is 0 Å². The van der Waals surface area contributed by atoms with Crippen molar-refractivity contribution in [3.63, 3.8) is 0 Å². The zero-order chi connectivity index (χ0) is 24.7. The highest BCUT2D eigenvalue weighted by Gasteiger charge is 2.58. The Kier molecular flexibility index (Phi) is 6.21. The van der Waals surface area contributed by atoms with Crippen molar-refractivity contribution in [3.05, 3.63) is 59.2 Å². The summed E-state index contributed by atoms with van der Waals surface area (Å²) >= 11 is 0. The lowest BCUT2D eigenvalue weighted by molar-refractivity contribution is -0.138. The predicted molar refractivity (Wildman–Crippen MR) is 133 cm³/mol. The first kappa shape index (κ1) is 23.7. The van der Waals surface area contributed by atoms with Gasteiger partial charge in [-0.1, -0.05) is 50.6 Å². The van der Waals surface area contributed by atoms with Crippen LogP contribution in [-0.2, 0) is 11.2 Å². The molecule has 1 saturated heterocycles. The summed E-state index contributed by atoms with van der Waals surface area (Å²) in [4.78, 5) is 30.7. The van der Waals surface area contributed by atoms with Crippen LogP contribution < -0.4 is 14.8 Å². The van der Waals surface area contributed by atoms with Gasteiger partial charge in [0.05, 0.1) is 26.9 Å². The molecular weight excluding hydrogens is 442 g/mol. The van der Waals surface area contributed by atoms with Crippen LogP contribution in [0.3, 0.4) is 0 Å². The molecule has 5 rings (SSSR count). The molecule has 3 unspecified atom stereocenters. The molecule has 0 aromatic heterocycles. The van der Waals surface area contributed by atoms with Crippen molar-refractivity contribution in [1.82, 2.24) is 15.1 Å². The number of carbonyl (C=O) groups excluding carboxylic acids is 2. The number of benzene rings is 2. The second-order valence-electron chi connectivity index (χ2n) is 10.2. The van der Waals surface area contributed by atoms with Crippen LogP contribution >= 0.6 is 0 Å². The molecule has 1 N–H and O–H groups in total. The van der Waals surface area contributed by atoms with E-state index in [9.17, 15) is 9.59 Å². The lowest BCUT2D eigenvalue weighted by Gasteiger charge is -2.43. The molecule has 3 amide bonds. The first-order valence-corrected chi connectivity index (χ1v) is 12.6. The molecule has 1 spiro atoms. The normalized spacial score (nSPS) is 28.7. The number of urea groups is 1. The van der Waals surface area contributed by atoms with Gasteiger partial charge in [0.25, 0.3) is 5.91 Å². The molecule has 2 aromatic rings. The topological polar surface area (TPSA) is 71.1 Å². The Balaban J connectivity index is 1.51. The lowest BCUT2D eigenvalue weighted by Crippen LogP contribution is -2.59. The Morgan fingerprint density at radius 2 is 1.66 bits per heavy atom. The van der Waals surface area contributed by atoms with Gasteiger partial charge in [-0.2, -0.15) is 0 Å². The lowest BCUT2D eigenvalue weighted by atomic mass is 9.67. The molecule has 2 heterocycles. The van der Waals surface area contributed by atoms with Gasteiger partial charge in [-0.25, -0.2) is 9.69 Å². The summed E-state index contributed by atoms with van der Waals surface area (Å²) < 4.78 is 11.2. The summed E-state index contributed by atoms with van der Waals surface area (Å²) in [6.45, 7) is 5.16. The van der Waals surface area contributed by atoms with E-state index in [1.165, 1.54) is 10.5 Å². The molecule has 2 fully saturated rings. The van der Waals surface area contributed by atoms with Crippen molar-refractivity contribution < 1.29 is 19.1 Å². The summed E-state index contributed by atoms with van der Waals surface area (Å²) in [6.07, 6.45) is 3.79. The van der Waals surface area contributed by atoms with Crippen molar-refractivity contribution >= 4 is 11.9 Å². The summed E-state index contributed by atoms with van der Waals surface area (Å²) in [5, 5.41) is 3.14. The fourth-order valence-electron chi connectivity index (χ4n) is 6.44. The third-order valence-corrected chi connectivity index (χ3v) is 8.40. The standard InChI is InChI=1S/C28H35N3O4/c1-18-9-8-10-19(2)28(18)26(32)31(27(33)29-28)17-30-14-13-21-15-23(34-3)24(35-4)16-22(21)25(30)20-11-6-5-7-12-20/h5-7,11-12,15-16,18-19,25H,8-10,13-14,17H2,1-4H3,(H,29,33). The van der Waals surface area contributed by atoms with Gasteiger partial charge >= 0.3 is 6.03 Å². The minimum absolute atomic E-state index is 0.0767. The van der Waals surface area contributed by atoms with Gasteiger partial charge in [0.2, 0.25) is 0 Å². The molecule has 35 heavy (non-hydrogen) atoms. The van der Waals surface area contributed by atoms with E-state index in [2.05, 4.69) is 42.3 Å². The Hall–Kier alpha value is -3.06. The highest BCUT2D eigenvalue weighted by Crippen LogP contribution is 2.44. The minimum Gasteiger partial charge on any atom is -0.493 e. The summed E-state index contributed by atoms with van der Waals surface area (Å²) in [7, 11) is 3.29. The van der Waals surface area contributed by atoms with Gasteiger partial charge < -0.3 is 14.8 Å². The molecule has 7 heteroatoms. The number of hydrogen-bond donors (Lipinski definition) is 1. The Morgan fingerprint density at radius 1 is 1.00 bits per heavy atom. The number of ether oxygens (including phenoxy) is 2. The number of carbonyl (C=O) groups is 2. The van der Waals surface area contributed by atoms with Crippen LogP contribution in [0.1, 0.15) is 55.8 Å². The number of imide groups is 1. The van der Waals surface area contributed by atoms with Gasteiger partial charge in [-0.3, -0.25) is 9.69 Å². The van der Waals surface area contributed by atoms with Crippen molar-refractivity contribution in [2.24, 2.45) is 11.8 Å². The van der Waals surface area contributed by atoms with E-state index in [1.54, 1.807) is 14.2 Å². The van der Waals surface area contributed by atoms with E-state index < -0.39 is 5.54 Å². The second kappa shape index (κ2) is 9.19. The first-order valence-electron chi connectivity index (χ1n) is 12.6. The van der Waals surface area contributed by atoms with E-state index in [1.807, 2.05) is 24.3 Å². The third-order valence-electron chi connectivity index (χ3n) is 8.40. The molecule has 3 aliphatic rings. The minimum atomic E-state index is -0.790. The maximum Gasteiger partial charge on any atom is 0.326 e. The number of methoxy groups -OCH3 is 2. The Morgan fingerprint density at radius 3 is 2.31 bits per heavy atom. The number of fused-ring (bicyclic) bond motifs is 1. The fraction of sp³-hybridized carbons (Fsp3) is 0.500. The van der Waals surface area contributed by atoms with Crippen LogP contribution in [0.15, 0.2) is 42.5 Å². The van der Waals surface area contributed by atoms with E-state index in [0.29, 0.717) is 11.5 Å². The average molecular weight is 478 g/mol. The number of nitrogens with zero attached hydrogens (tertiary/aromatic N) is 2. The monoisotopic (exact) mass is 477 g/mol. The molecule has 2 aromatic carbocycles. The quantitative estimate of drug-likeness (QED) is 0.648. The van der Waals surface area contributed by atoms with Crippen LogP contribution in [0.5, 0.6) is 11.5 Å². The zero-order valence-electron chi connectivity index (χ0n) is 21.0. The van der Waals surface area contributed by atoms with Gasteiger partial charge in [0.15, 0.2) is 11.5 Å². The van der Waals surface area contributed by atoms with Crippen molar-refractivity contribution in [2.75, 3.05) is 27.4 Å². The molecule has 0 bridgehead atoms. The van der Waals surface area contributed by atoms with Gasteiger partial charge in [-0.05, 0) is 59.9 Å². The number of amides is 3. The molecular formula is C28H35N3O4. The van der Waals surface area contributed by atoms with E-state index >= 15 is 0 Å². The predicted octanol–water partition coefficient (Wildman–Crippen LogP) is 4.36. The highest BCUT2D eigenvalue weighted by molar-refractivity contribution is 6.07. The average Bonchev–Trinajstić information content (AvgIpc) is 3.12. The molecule has 186 valence electrons. The Bertz CT molecular complexity index is 1110. The van der Waals surface area contributed by atoms with Crippen molar-refractivity contribution in [3.8, 4) is 11.5 Å². The largest absolute Gasteiger partial charge is 0.493 e. The number of rotatable bonds is 5. The highest BCUT2D eigenvalue weighted by atomic mass is 16.5. The third kappa shape index (κ3) is 3.77. The van der Waals surface area contributed by atoms with E-state index in [-0.39, 0.29) is 36.5 Å². The number of nitrogens with one attached hydrogen (secondary N) is 1. The van der Waals surface area contributed by atoms with Crippen molar-refractivity contribution in [1.29, 1.82) is 0 Å². The van der Waals surface area contributed by atoms with Crippen LogP contribution in [0.2, 0.25) is 0 Å². The summed E-state index contributed by atoms with van der Waals surface area (Å²) in [5.41, 5.74) is 2.63. The SMILES string of the molecule is COc1cc2c(cc1OC)C(c1ccccc1)N(CN1C(=O)NC3(C1=O)C(C)CCCC3C)CC2. The van der Waals surface area contributed by atoms with Crippen LogP contribution in [-0.4, -0.2) is 54.7 Å². The molecule has 2 aliphatic heterocycles. The Labute approximate surface area is 207 Å². The molecule has 1 aliphatic carbocycles. The second-order valence-corrected chi connectivity index (χ2v) is 10.2. The van der Waals surface area contributed by atoms with E-state index in [4.69, 9.17) is 9.47 Å². The summed E-state index contributed by atoms with van der Waals surface area (Å²) in [6, 6.07) is 13.9. The van der Waals surface area contributed by atoms with Crippen LogP contribution in [0.4, 0.5) is 4.79 Å². The fourth-order valence-corrected chi connectivity index (χ4v) is 6.44. The first-order chi connectivity index (χ1) is 16.9. The van der Waals surface area contributed by atoms with Crippen LogP contribution in [0, 0.1) is 11.8 Å². The molecule has 1 saturated carbocycles.